The number of alkyl carbamates (subject to hydrolysis) is 1. The molecule has 0 aromatic carbocycles. The molecule has 0 atom stereocenters. The first-order valence-electron chi connectivity index (χ1n) is 7.26. The Bertz CT molecular complexity index is 283. The molecule has 0 aliphatic heterocycles. The van der Waals surface area contributed by atoms with E-state index in [1.54, 1.807) is 7.11 Å². The molecule has 4 heteroatoms. The minimum absolute atomic E-state index is 0.148. The summed E-state index contributed by atoms with van der Waals surface area (Å²) in [5.74, 6) is 0.746. The molecule has 0 radical (unpaired) electrons. The molecule has 0 aromatic heterocycles. The number of carbonyl (C=O) groups is 1. The maximum atomic E-state index is 12.0. The van der Waals surface area contributed by atoms with Crippen molar-refractivity contribution in [2.24, 2.45) is 5.92 Å². The molecule has 1 rings (SSSR count). The molecule has 4 nitrogen and oxygen atoms in total. The van der Waals surface area contributed by atoms with Crippen LogP contribution in [0.25, 0.3) is 0 Å². The van der Waals surface area contributed by atoms with Crippen LogP contribution in [0.15, 0.2) is 0 Å². The van der Waals surface area contributed by atoms with Crippen LogP contribution >= 0.6 is 0 Å². The van der Waals surface area contributed by atoms with Crippen LogP contribution in [0.1, 0.15) is 59.8 Å². The highest BCUT2D eigenvalue weighted by molar-refractivity contribution is 5.68. The Hall–Kier alpha value is -0.770. The Labute approximate surface area is 117 Å². The van der Waals surface area contributed by atoms with Crippen molar-refractivity contribution >= 4 is 6.09 Å². The molecule has 1 amide bonds. The van der Waals surface area contributed by atoms with E-state index in [2.05, 4.69) is 12.2 Å². The van der Waals surface area contributed by atoms with Crippen LogP contribution in [0.4, 0.5) is 4.79 Å². The zero-order chi connectivity index (χ0) is 14.5. The second-order valence-corrected chi connectivity index (χ2v) is 6.83. The van der Waals surface area contributed by atoms with Gasteiger partial charge in [0.2, 0.25) is 0 Å². The number of amides is 1. The predicted octanol–water partition coefficient (Wildman–Crippen LogP) is 3.50. The molecular formula is C15H29NO3. The van der Waals surface area contributed by atoms with Crippen LogP contribution in [-0.2, 0) is 9.47 Å². The third kappa shape index (κ3) is 5.81. The standard InChI is InChI=1S/C15H29NO3/c1-12-6-8-15(9-7-12,10-11-18-5)16-13(17)19-14(2,3)4/h12H,6-11H2,1-5H3,(H,16,17)/t12-,15+. The zero-order valence-electron chi connectivity index (χ0n) is 13.0. The number of methoxy groups -OCH3 is 1. The molecular weight excluding hydrogens is 242 g/mol. The molecule has 1 N–H and O–H groups in total. The molecule has 1 aliphatic rings. The highest BCUT2D eigenvalue weighted by atomic mass is 16.6. The molecule has 1 aliphatic carbocycles. The minimum Gasteiger partial charge on any atom is -0.444 e. The number of nitrogens with one attached hydrogen (secondary N) is 1. The lowest BCUT2D eigenvalue weighted by molar-refractivity contribution is 0.0366. The van der Waals surface area contributed by atoms with E-state index in [0.717, 1.165) is 38.0 Å². The number of ether oxygens (including phenoxy) is 2. The number of rotatable bonds is 4. The van der Waals surface area contributed by atoms with Gasteiger partial charge in [0.1, 0.15) is 5.60 Å². The van der Waals surface area contributed by atoms with Gasteiger partial charge in [0.05, 0.1) is 0 Å². The number of carbonyl (C=O) groups excluding carboxylic acids is 1. The molecule has 1 saturated carbocycles. The van der Waals surface area contributed by atoms with Crippen LogP contribution in [0, 0.1) is 5.92 Å². The highest BCUT2D eigenvalue weighted by Gasteiger charge is 2.36. The second-order valence-electron chi connectivity index (χ2n) is 6.83. The summed E-state index contributed by atoms with van der Waals surface area (Å²) < 4.78 is 10.6. The molecule has 0 heterocycles. The Morgan fingerprint density at radius 2 is 1.89 bits per heavy atom. The highest BCUT2D eigenvalue weighted by Crippen LogP contribution is 2.34. The first kappa shape index (κ1) is 16.3. The summed E-state index contributed by atoms with van der Waals surface area (Å²) >= 11 is 0. The normalized spacial score (nSPS) is 27.9. The van der Waals surface area contributed by atoms with Gasteiger partial charge in [-0.2, -0.15) is 0 Å². The van der Waals surface area contributed by atoms with Gasteiger partial charge < -0.3 is 14.8 Å². The van der Waals surface area contributed by atoms with Gasteiger partial charge in [-0.25, -0.2) is 4.79 Å². The quantitative estimate of drug-likeness (QED) is 0.851. The molecule has 0 spiro atoms. The third-order valence-electron chi connectivity index (χ3n) is 3.78. The molecule has 19 heavy (non-hydrogen) atoms. The molecule has 0 bridgehead atoms. The van der Waals surface area contributed by atoms with Crippen LogP contribution < -0.4 is 5.32 Å². The van der Waals surface area contributed by atoms with Crippen molar-refractivity contribution in [1.29, 1.82) is 0 Å². The van der Waals surface area contributed by atoms with Crippen LogP contribution in [-0.4, -0.2) is 30.9 Å². The van der Waals surface area contributed by atoms with Crippen molar-refractivity contribution in [3.05, 3.63) is 0 Å². The average molecular weight is 271 g/mol. The fraction of sp³-hybridized carbons (Fsp3) is 0.933. The zero-order valence-corrected chi connectivity index (χ0v) is 13.0. The van der Waals surface area contributed by atoms with E-state index in [4.69, 9.17) is 9.47 Å². The Kier molecular flexibility index (Phi) is 5.65. The fourth-order valence-corrected chi connectivity index (χ4v) is 2.57. The topological polar surface area (TPSA) is 47.6 Å². The van der Waals surface area contributed by atoms with Gasteiger partial charge in [-0.05, 0) is 58.8 Å². The van der Waals surface area contributed by atoms with Crippen molar-refractivity contribution in [2.45, 2.75) is 70.9 Å². The second kappa shape index (κ2) is 6.60. The van der Waals surface area contributed by atoms with Crippen molar-refractivity contribution in [3.63, 3.8) is 0 Å². The van der Waals surface area contributed by atoms with E-state index in [9.17, 15) is 4.79 Å². The van der Waals surface area contributed by atoms with Crippen molar-refractivity contribution < 1.29 is 14.3 Å². The number of hydrogen-bond donors (Lipinski definition) is 1. The van der Waals surface area contributed by atoms with E-state index in [1.165, 1.54) is 0 Å². The molecule has 0 aromatic rings. The summed E-state index contributed by atoms with van der Waals surface area (Å²) in [5.41, 5.74) is -0.598. The average Bonchev–Trinajstić information content (AvgIpc) is 2.28. The minimum atomic E-state index is -0.450. The fourth-order valence-electron chi connectivity index (χ4n) is 2.57. The van der Waals surface area contributed by atoms with E-state index in [-0.39, 0.29) is 11.6 Å². The maximum Gasteiger partial charge on any atom is 0.408 e. The summed E-state index contributed by atoms with van der Waals surface area (Å²) in [6, 6.07) is 0. The summed E-state index contributed by atoms with van der Waals surface area (Å²) in [4.78, 5) is 12.0. The van der Waals surface area contributed by atoms with Crippen LogP contribution in [0.2, 0.25) is 0 Å². The third-order valence-corrected chi connectivity index (χ3v) is 3.78. The lowest BCUT2D eigenvalue weighted by Crippen LogP contribution is -2.52. The maximum absolute atomic E-state index is 12.0. The molecule has 0 saturated heterocycles. The first-order valence-corrected chi connectivity index (χ1v) is 7.26. The van der Waals surface area contributed by atoms with Crippen LogP contribution in [0.5, 0.6) is 0 Å². The summed E-state index contributed by atoms with van der Waals surface area (Å²) in [6.07, 6.45) is 4.88. The van der Waals surface area contributed by atoms with Crippen molar-refractivity contribution in [2.75, 3.05) is 13.7 Å². The van der Waals surface area contributed by atoms with Crippen LogP contribution in [0.3, 0.4) is 0 Å². The van der Waals surface area contributed by atoms with Gasteiger partial charge in [-0.15, -0.1) is 0 Å². The van der Waals surface area contributed by atoms with Gasteiger partial charge >= 0.3 is 6.09 Å². The Balaban J connectivity index is 2.61. The smallest absolute Gasteiger partial charge is 0.408 e. The van der Waals surface area contributed by atoms with Crippen molar-refractivity contribution in [1.82, 2.24) is 5.32 Å². The van der Waals surface area contributed by atoms with E-state index in [1.807, 2.05) is 20.8 Å². The van der Waals surface area contributed by atoms with Gasteiger partial charge in [0.25, 0.3) is 0 Å². The van der Waals surface area contributed by atoms with Gasteiger partial charge in [-0.3, -0.25) is 0 Å². The largest absolute Gasteiger partial charge is 0.444 e. The number of hydrogen-bond acceptors (Lipinski definition) is 3. The van der Waals surface area contributed by atoms with Gasteiger partial charge in [0, 0.05) is 19.3 Å². The molecule has 112 valence electrons. The van der Waals surface area contributed by atoms with E-state index >= 15 is 0 Å². The SMILES string of the molecule is COCC[C@]1(NC(=O)OC(C)(C)C)CC[C@@H](C)CC1. The molecule has 0 unspecified atom stereocenters. The first-order chi connectivity index (χ1) is 8.76. The summed E-state index contributed by atoms with van der Waals surface area (Å²) in [6.45, 7) is 8.60. The van der Waals surface area contributed by atoms with Crippen molar-refractivity contribution in [3.8, 4) is 0 Å². The monoisotopic (exact) mass is 271 g/mol. The van der Waals surface area contributed by atoms with Gasteiger partial charge in [-0.1, -0.05) is 6.92 Å². The predicted molar refractivity (Wildman–Crippen MR) is 76.2 cm³/mol. The lowest BCUT2D eigenvalue weighted by Gasteiger charge is -2.40. The Morgan fingerprint density at radius 3 is 2.37 bits per heavy atom. The van der Waals surface area contributed by atoms with Gasteiger partial charge in [0.15, 0.2) is 0 Å². The summed E-state index contributed by atoms with van der Waals surface area (Å²) in [5, 5.41) is 3.10. The molecule has 1 fully saturated rings. The van der Waals surface area contributed by atoms with E-state index in [0.29, 0.717) is 6.61 Å². The lowest BCUT2D eigenvalue weighted by atomic mass is 9.75. The summed E-state index contributed by atoms with van der Waals surface area (Å²) in [7, 11) is 1.70. The Morgan fingerprint density at radius 1 is 1.32 bits per heavy atom. The van der Waals surface area contributed by atoms with E-state index < -0.39 is 5.60 Å².